The number of primary amides is 1. The lowest BCUT2D eigenvalue weighted by molar-refractivity contribution is 0.100. The van der Waals surface area contributed by atoms with Gasteiger partial charge in [0.15, 0.2) is 0 Å². The Hall–Kier alpha value is -3.91. The molecule has 5 rings (SSSR count). The lowest BCUT2D eigenvalue weighted by atomic mass is 10.0. The average Bonchev–Trinajstić information content (AvgIpc) is 3.07. The number of benzene rings is 2. The Morgan fingerprint density at radius 2 is 1.81 bits per heavy atom. The fourth-order valence-corrected chi connectivity index (χ4v) is 6.06. The zero-order chi connectivity index (χ0) is 25.2. The van der Waals surface area contributed by atoms with E-state index in [-0.39, 0.29) is 5.91 Å². The number of carbonyl (C=O) groups excluding carboxylic acids is 2. The molecular formula is C28H27N3O4S. The van der Waals surface area contributed by atoms with Gasteiger partial charge in [-0.15, -0.1) is 11.3 Å². The van der Waals surface area contributed by atoms with Crippen molar-refractivity contribution in [3.63, 3.8) is 0 Å². The second-order valence-electron chi connectivity index (χ2n) is 8.73. The SMILES string of the molecule is COc1ccc(-c2cc(C(=O)Nc3sc4c(c3C(N)=O)CCCCC4)c3ccccc3n2)c(OC)c1. The number of aryl methyl sites for hydroxylation is 1. The Bertz CT molecular complexity index is 1480. The number of hydrogen-bond acceptors (Lipinski definition) is 6. The molecule has 2 amide bonds. The van der Waals surface area contributed by atoms with Gasteiger partial charge < -0.3 is 20.5 Å². The highest BCUT2D eigenvalue weighted by atomic mass is 32.1. The van der Waals surface area contributed by atoms with Gasteiger partial charge in [0.25, 0.3) is 11.8 Å². The molecule has 0 aliphatic heterocycles. The number of nitrogens with one attached hydrogen (secondary N) is 1. The van der Waals surface area contributed by atoms with Crippen LogP contribution in [0, 0.1) is 0 Å². The molecule has 0 spiro atoms. The molecule has 0 bridgehead atoms. The van der Waals surface area contributed by atoms with Crippen LogP contribution in [0.2, 0.25) is 0 Å². The minimum absolute atomic E-state index is 0.318. The number of pyridine rings is 1. The van der Waals surface area contributed by atoms with E-state index in [0.717, 1.165) is 48.1 Å². The van der Waals surface area contributed by atoms with Crippen LogP contribution in [0.5, 0.6) is 11.5 Å². The maximum atomic E-state index is 13.7. The van der Waals surface area contributed by atoms with Gasteiger partial charge in [0, 0.05) is 21.9 Å². The van der Waals surface area contributed by atoms with E-state index < -0.39 is 5.91 Å². The highest BCUT2D eigenvalue weighted by Gasteiger charge is 2.25. The van der Waals surface area contributed by atoms with Crippen molar-refractivity contribution in [2.45, 2.75) is 32.1 Å². The number of methoxy groups -OCH3 is 2. The van der Waals surface area contributed by atoms with Gasteiger partial charge in [-0.3, -0.25) is 9.59 Å². The molecule has 2 aromatic carbocycles. The number of nitrogens with zero attached hydrogens (tertiary/aromatic N) is 1. The molecule has 0 atom stereocenters. The molecule has 0 fully saturated rings. The second kappa shape index (κ2) is 9.99. The quantitative estimate of drug-likeness (QED) is 0.335. The molecule has 8 heteroatoms. The third-order valence-corrected chi connectivity index (χ3v) is 7.75. The van der Waals surface area contributed by atoms with E-state index >= 15 is 0 Å². The van der Waals surface area contributed by atoms with E-state index in [4.69, 9.17) is 20.2 Å². The van der Waals surface area contributed by atoms with Gasteiger partial charge >= 0.3 is 0 Å². The minimum atomic E-state index is -0.507. The van der Waals surface area contributed by atoms with E-state index in [1.165, 1.54) is 11.3 Å². The number of amides is 2. The number of fused-ring (bicyclic) bond motifs is 2. The normalized spacial score (nSPS) is 13.1. The monoisotopic (exact) mass is 501 g/mol. The lowest BCUT2D eigenvalue weighted by Gasteiger charge is -2.13. The maximum Gasteiger partial charge on any atom is 0.257 e. The first-order valence-corrected chi connectivity index (χ1v) is 12.7. The third-order valence-electron chi connectivity index (χ3n) is 6.54. The largest absolute Gasteiger partial charge is 0.497 e. The van der Waals surface area contributed by atoms with Crippen molar-refractivity contribution in [1.29, 1.82) is 0 Å². The Labute approximate surface area is 213 Å². The zero-order valence-electron chi connectivity index (χ0n) is 20.2. The standard InChI is InChI=1S/C28H27N3O4S/c1-34-16-12-13-18(23(14-16)35-2)22-15-20(17-8-6-7-10-21(17)30-22)27(33)31-28-25(26(29)32)19-9-4-3-5-11-24(19)36-28/h6-8,10,12-15H,3-5,9,11H2,1-2H3,(H2,29,32)(H,31,33). The first-order valence-electron chi connectivity index (χ1n) is 11.9. The Morgan fingerprint density at radius 3 is 2.58 bits per heavy atom. The summed E-state index contributed by atoms with van der Waals surface area (Å²) in [4.78, 5) is 32.0. The van der Waals surface area contributed by atoms with Gasteiger partial charge in [-0.05, 0) is 55.5 Å². The van der Waals surface area contributed by atoms with Gasteiger partial charge in [-0.25, -0.2) is 4.98 Å². The van der Waals surface area contributed by atoms with Crippen molar-refractivity contribution in [1.82, 2.24) is 4.98 Å². The van der Waals surface area contributed by atoms with Crippen molar-refractivity contribution in [2.75, 3.05) is 19.5 Å². The number of nitrogens with two attached hydrogens (primary N) is 1. The van der Waals surface area contributed by atoms with Crippen LogP contribution in [0.1, 0.15) is 50.4 Å². The molecule has 2 heterocycles. The summed E-state index contributed by atoms with van der Waals surface area (Å²) in [6.45, 7) is 0. The zero-order valence-corrected chi connectivity index (χ0v) is 21.0. The summed E-state index contributed by atoms with van der Waals surface area (Å²) in [6, 6.07) is 14.7. The van der Waals surface area contributed by atoms with Crippen LogP contribution < -0.4 is 20.5 Å². The summed E-state index contributed by atoms with van der Waals surface area (Å²) < 4.78 is 10.9. The van der Waals surface area contributed by atoms with Crippen molar-refractivity contribution >= 4 is 39.1 Å². The predicted molar refractivity (Wildman–Crippen MR) is 142 cm³/mol. The van der Waals surface area contributed by atoms with Crippen molar-refractivity contribution in [3.8, 4) is 22.8 Å². The Morgan fingerprint density at radius 1 is 1.00 bits per heavy atom. The van der Waals surface area contributed by atoms with Gasteiger partial charge in [0.2, 0.25) is 0 Å². The number of thiophene rings is 1. The van der Waals surface area contributed by atoms with Crippen LogP contribution in [0.25, 0.3) is 22.2 Å². The van der Waals surface area contributed by atoms with E-state index in [0.29, 0.717) is 44.2 Å². The molecule has 1 aliphatic carbocycles. The molecule has 0 saturated heterocycles. The molecule has 36 heavy (non-hydrogen) atoms. The fourth-order valence-electron chi connectivity index (χ4n) is 4.77. The Balaban J connectivity index is 1.60. The predicted octanol–water partition coefficient (Wildman–Crippen LogP) is 5.60. The van der Waals surface area contributed by atoms with E-state index in [9.17, 15) is 9.59 Å². The summed E-state index contributed by atoms with van der Waals surface area (Å²) in [5.41, 5.74) is 9.67. The molecule has 1 aliphatic rings. The number of para-hydroxylation sites is 1. The number of ether oxygens (including phenoxy) is 2. The molecule has 3 N–H and O–H groups in total. The highest BCUT2D eigenvalue weighted by Crippen LogP contribution is 2.38. The highest BCUT2D eigenvalue weighted by molar-refractivity contribution is 7.17. The number of aromatic nitrogens is 1. The molecule has 184 valence electrons. The molecular weight excluding hydrogens is 474 g/mol. The molecule has 7 nitrogen and oxygen atoms in total. The summed E-state index contributed by atoms with van der Waals surface area (Å²) >= 11 is 1.46. The van der Waals surface area contributed by atoms with Gasteiger partial charge in [-0.1, -0.05) is 24.6 Å². The summed E-state index contributed by atoms with van der Waals surface area (Å²) in [6.07, 6.45) is 4.91. The minimum Gasteiger partial charge on any atom is -0.497 e. The van der Waals surface area contributed by atoms with Gasteiger partial charge in [-0.2, -0.15) is 0 Å². The van der Waals surface area contributed by atoms with Crippen LogP contribution in [0.3, 0.4) is 0 Å². The Kier molecular flexibility index (Phi) is 6.61. The number of hydrogen-bond donors (Lipinski definition) is 2. The average molecular weight is 502 g/mol. The van der Waals surface area contributed by atoms with Crippen LogP contribution in [0.15, 0.2) is 48.5 Å². The number of anilines is 1. The van der Waals surface area contributed by atoms with Crippen LogP contribution >= 0.6 is 11.3 Å². The van der Waals surface area contributed by atoms with Crippen molar-refractivity contribution in [3.05, 3.63) is 70.1 Å². The van der Waals surface area contributed by atoms with Crippen LogP contribution in [-0.2, 0) is 12.8 Å². The topological polar surface area (TPSA) is 104 Å². The van der Waals surface area contributed by atoms with Crippen molar-refractivity contribution < 1.29 is 19.1 Å². The summed E-state index contributed by atoms with van der Waals surface area (Å²) in [5.74, 6) is 0.418. The van der Waals surface area contributed by atoms with Crippen molar-refractivity contribution in [2.24, 2.45) is 5.73 Å². The summed E-state index contributed by atoms with van der Waals surface area (Å²) in [5, 5.41) is 4.23. The first kappa shape index (κ1) is 23.8. The molecule has 4 aromatic rings. The van der Waals surface area contributed by atoms with Crippen LogP contribution in [-0.4, -0.2) is 31.0 Å². The summed E-state index contributed by atoms with van der Waals surface area (Å²) in [7, 11) is 3.18. The third kappa shape index (κ3) is 4.40. The second-order valence-corrected chi connectivity index (χ2v) is 9.83. The first-order chi connectivity index (χ1) is 17.5. The van der Waals surface area contributed by atoms with E-state index in [2.05, 4.69) is 5.32 Å². The lowest BCUT2D eigenvalue weighted by Crippen LogP contribution is -2.18. The maximum absolute atomic E-state index is 13.7. The van der Waals surface area contributed by atoms with Gasteiger partial charge in [0.05, 0.1) is 36.6 Å². The van der Waals surface area contributed by atoms with Crippen LogP contribution in [0.4, 0.5) is 5.00 Å². The van der Waals surface area contributed by atoms with E-state index in [1.54, 1.807) is 26.4 Å². The number of carbonyl (C=O) groups is 2. The molecule has 0 unspecified atom stereocenters. The fraction of sp³-hybridized carbons (Fsp3) is 0.250. The van der Waals surface area contributed by atoms with E-state index in [1.807, 2.05) is 36.4 Å². The number of rotatable bonds is 6. The van der Waals surface area contributed by atoms with Gasteiger partial charge in [0.1, 0.15) is 16.5 Å². The molecule has 0 saturated carbocycles. The smallest absolute Gasteiger partial charge is 0.257 e. The molecule has 0 radical (unpaired) electrons. The molecule has 2 aromatic heterocycles.